The van der Waals surface area contributed by atoms with Gasteiger partial charge in [0.15, 0.2) is 0 Å². The number of rotatable bonds is 6. The number of thioether (sulfide) groups is 1. The van der Waals surface area contributed by atoms with Gasteiger partial charge in [-0.05, 0) is 12.8 Å². The molecule has 14 heavy (non-hydrogen) atoms. The molecule has 0 amide bonds. The fourth-order valence-electron chi connectivity index (χ4n) is 1.39. The van der Waals surface area contributed by atoms with Gasteiger partial charge in [-0.1, -0.05) is 32.0 Å². The zero-order valence-electron chi connectivity index (χ0n) is 8.77. The van der Waals surface area contributed by atoms with Crippen LogP contribution in [0.1, 0.15) is 33.1 Å². The summed E-state index contributed by atoms with van der Waals surface area (Å²) < 4.78 is 5.19. The maximum Gasteiger partial charge on any atom is 0.255 e. The summed E-state index contributed by atoms with van der Waals surface area (Å²) in [6.07, 6.45) is 6.50. The van der Waals surface area contributed by atoms with Gasteiger partial charge in [-0.25, -0.2) is 4.98 Å². The fraction of sp³-hybridized carbons (Fsp3) is 0.700. The molecule has 0 aromatic carbocycles. The van der Waals surface area contributed by atoms with E-state index in [1.165, 1.54) is 0 Å². The van der Waals surface area contributed by atoms with Crippen LogP contribution in [-0.2, 0) is 0 Å². The van der Waals surface area contributed by atoms with Crippen LogP contribution in [0, 0.1) is 0 Å². The van der Waals surface area contributed by atoms with Gasteiger partial charge in [0, 0.05) is 11.3 Å². The van der Waals surface area contributed by atoms with E-state index in [1.54, 1.807) is 24.2 Å². The molecule has 1 aromatic heterocycles. The highest BCUT2D eigenvalue weighted by atomic mass is 32.2. The molecule has 0 radical (unpaired) electrons. The average Bonchev–Trinajstić information content (AvgIpc) is 2.66. The molecule has 4 heteroatoms. The van der Waals surface area contributed by atoms with E-state index >= 15 is 0 Å². The Morgan fingerprint density at radius 3 is 2.86 bits per heavy atom. The monoisotopic (exact) mass is 214 g/mol. The largest absolute Gasteiger partial charge is 0.440 e. The quantitative estimate of drug-likeness (QED) is 0.740. The standard InChI is InChI=1S/C10H18N2OS/c1-3-5-8(11)9(4-2)14-10-12-6-7-13-10/h6-9H,3-5,11H2,1-2H3. The smallest absolute Gasteiger partial charge is 0.255 e. The molecule has 0 saturated carbocycles. The highest BCUT2D eigenvalue weighted by Crippen LogP contribution is 2.26. The molecular formula is C10H18N2OS. The first-order valence-corrected chi connectivity index (χ1v) is 5.97. The molecule has 3 nitrogen and oxygen atoms in total. The van der Waals surface area contributed by atoms with E-state index in [9.17, 15) is 0 Å². The van der Waals surface area contributed by atoms with Crippen molar-refractivity contribution in [2.45, 2.75) is 49.6 Å². The zero-order valence-corrected chi connectivity index (χ0v) is 9.59. The highest BCUT2D eigenvalue weighted by Gasteiger charge is 2.18. The van der Waals surface area contributed by atoms with Crippen molar-refractivity contribution in [2.24, 2.45) is 5.73 Å². The maximum atomic E-state index is 6.07. The van der Waals surface area contributed by atoms with Crippen molar-refractivity contribution in [1.29, 1.82) is 0 Å². The lowest BCUT2D eigenvalue weighted by atomic mass is 10.1. The predicted molar refractivity (Wildman–Crippen MR) is 59.3 cm³/mol. The van der Waals surface area contributed by atoms with Crippen molar-refractivity contribution >= 4 is 11.8 Å². The predicted octanol–water partition coefficient (Wildman–Crippen LogP) is 2.67. The van der Waals surface area contributed by atoms with Crippen molar-refractivity contribution in [3.8, 4) is 0 Å². The molecule has 80 valence electrons. The van der Waals surface area contributed by atoms with Gasteiger partial charge in [-0.15, -0.1) is 0 Å². The molecular weight excluding hydrogens is 196 g/mol. The van der Waals surface area contributed by atoms with Gasteiger partial charge in [0.05, 0.1) is 6.20 Å². The average molecular weight is 214 g/mol. The van der Waals surface area contributed by atoms with Crippen LogP contribution in [-0.4, -0.2) is 16.3 Å². The lowest BCUT2D eigenvalue weighted by molar-refractivity contribution is 0.450. The Morgan fingerprint density at radius 2 is 2.36 bits per heavy atom. The Bertz CT molecular complexity index is 238. The molecule has 0 spiro atoms. The summed E-state index contributed by atoms with van der Waals surface area (Å²) in [6, 6.07) is 0.238. The van der Waals surface area contributed by atoms with Crippen LogP contribution in [0.2, 0.25) is 0 Å². The van der Waals surface area contributed by atoms with Gasteiger partial charge < -0.3 is 10.2 Å². The van der Waals surface area contributed by atoms with E-state index in [0.717, 1.165) is 24.5 Å². The van der Waals surface area contributed by atoms with Gasteiger partial charge in [-0.2, -0.15) is 0 Å². The van der Waals surface area contributed by atoms with Gasteiger partial charge in [-0.3, -0.25) is 0 Å². The molecule has 0 aliphatic rings. The number of nitrogens with zero attached hydrogens (tertiary/aromatic N) is 1. The SMILES string of the molecule is CCCC(N)C(CC)Sc1ncco1. The van der Waals surface area contributed by atoms with Crippen LogP contribution in [0.25, 0.3) is 0 Å². The van der Waals surface area contributed by atoms with E-state index in [2.05, 4.69) is 18.8 Å². The van der Waals surface area contributed by atoms with E-state index < -0.39 is 0 Å². The Labute approximate surface area is 89.5 Å². The van der Waals surface area contributed by atoms with Crippen LogP contribution < -0.4 is 5.73 Å². The minimum absolute atomic E-state index is 0.238. The van der Waals surface area contributed by atoms with Crippen molar-refractivity contribution < 1.29 is 4.42 Å². The molecule has 0 saturated heterocycles. The van der Waals surface area contributed by atoms with E-state index in [4.69, 9.17) is 10.2 Å². The van der Waals surface area contributed by atoms with Crippen molar-refractivity contribution in [2.75, 3.05) is 0 Å². The van der Waals surface area contributed by atoms with Crippen LogP contribution in [0.5, 0.6) is 0 Å². The minimum Gasteiger partial charge on any atom is -0.440 e. The number of hydrogen-bond acceptors (Lipinski definition) is 4. The molecule has 1 aromatic rings. The summed E-state index contributed by atoms with van der Waals surface area (Å²) in [4.78, 5) is 4.09. The van der Waals surface area contributed by atoms with E-state index in [0.29, 0.717) is 5.25 Å². The summed E-state index contributed by atoms with van der Waals surface area (Å²) in [5.74, 6) is 0. The third kappa shape index (κ3) is 3.35. The van der Waals surface area contributed by atoms with Crippen molar-refractivity contribution in [3.63, 3.8) is 0 Å². The third-order valence-electron chi connectivity index (χ3n) is 2.16. The van der Waals surface area contributed by atoms with Crippen LogP contribution in [0.15, 0.2) is 22.1 Å². The van der Waals surface area contributed by atoms with Gasteiger partial charge in [0.2, 0.25) is 0 Å². The maximum absolute atomic E-state index is 6.07. The number of hydrogen-bond donors (Lipinski definition) is 1. The highest BCUT2D eigenvalue weighted by molar-refractivity contribution is 7.99. The molecule has 2 atom stereocenters. The molecule has 0 bridgehead atoms. The summed E-state index contributed by atoms with van der Waals surface area (Å²) >= 11 is 1.64. The second-order valence-corrected chi connectivity index (χ2v) is 4.51. The summed E-state index contributed by atoms with van der Waals surface area (Å²) in [7, 11) is 0. The van der Waals surface area contributed by atoms with Crippen molar-refractivity contribution in [3.05, 3.63) is 12.5 Å². The molecule has 2 N–H and O–H groups in total. The first kappa shape index (κ1) is 11.6. The van der Waals surface area contributed by atoms with Crippen molar-refractivity contribution in [1.82, 2.24) is 4.98 Å². The van der Waals surface area contributed by atoms with Gasteiger partial charge in [0.1, 0.15) is 6.26 Å². The van der Waals surface area contributed by atoms with Crippen LogP contribution in [0.3, 0.4) is 0 Å². The summed E-state index contributed by atoms with van der Waals surface area (Å²) in [5, 5.41) is 1.14. The molecule has 2 unspecified atom stereocenters. The first-order chi connectivity index (χ1) is 6.77. The van der Waals surface area contributed by atoms with Crippen LogP contribution >= 0.6 is 11.8 Å². The second-order valence-electron chi connectivity index (χ2n) is 3.32. The lowest BCUT2D eigenvalue weighted by Crippen LogP contribution is -2.31. The van der Waals surface area contributed by atoms with E-state index in [-0.39, 0.29) is 6.04 Å². The Hall–Kier alpha value is -0.480. The number of oxazole rings is 1. The Morgan fingerprint density at radius 1 is 1.57 bits per heavy atom. The van der Waals surface area contributed by atoms with E-state index in [1.807, 2.05) is 0 Å². The summed E-state index contributed by atoms with van der Waals surface area (Å²) in [5.41, 5.74) is 6.07. The molecule has 0 aliphatic carbocycles. The van der Waals surface area contributed by atoms with Gasteiger partial charge in [0.25, 0.3) is 5.22 Å². The second kappa shape index (κ2) is 6.09. The minimum atomic E-state index is 0.238. The van der Waals surface area contributed by atoms with Gasteiger partial charge >= 0.3 is 0 Å². The topological polar surface area (TPSA) is 52.0 Å². The molecule has 1 rings (SSSR count). The Balaban J connectivity index is 2.46. The number of nitrogens with two attached hydrogens (primary N) is 1. The normalized spacial score (nSPS) is 15.4. The molecule has 1 heterocycles. The first-order valence-electron chi connectivity index (χ1n) is 5.09. The van der Waals surface area contributed by atoms with Crippen LogP contribution in [0.4, 0.5) is 0 Å². The Kier molecular flexibility index (Phi) is 5.04. The molecule has 0 aliphatic heterocycles. The number of aromatic nitrogens is 1. The summed E-state index contributed by atoms with van der Waals surface area (Å²) in [6.45, 7) is 4.30. The zero-order chi connectivity index (χ0) is 10.4. The third-order valence-corrected chi connectivity index (χ3v) is 3.55. The lowest BCUT2D eigenvalue weighted by Gasteiger charge is -2.19. The fourth-order valence-corrected chi connectivity index (χ4v) is 2.36. The molecule has 0 fully saturated rings.